The maximum atomic E-state index is 13.0. The van der Waals surface area contributed by atoms with Crippen LogP contribution >= 0.6 is 0 Å². The maximum absolute atomic E-state index is 13.0. The summed E-state index contributed by atoms with van der Waals surface area (Å²) in [6.45, 7) is 0. The van der Waals surface area contributed by atoms with Gasteiger partial charge in [-0.2, -0.15) is 26.7 Å². The van der Waals surface area contributed by atoms with Gasteiger partial charge in [-0.25, -0.2) is 0 Å². The summed E-state index contributed by atoms with van der Waals surface area (Å²) in [5, 5.41) is 2.62. The van der Waals surface area contributed by atoms with Crippen molar-refractivity contribution in [1.29, 1.82) is 0 Å². The SMILES string of the molecule is CN1c2ccccc2C(=O)/C(=N/Nc2ccccc2C(F)(F)F)S1(=O)=O. The van der Waals surface area contributed by atoms with E-state index >= 15 is 0 Å². The number of halogens is 3. The summed E-state index contributed by atoms with van der Waals surface area (Å²) < 4.78 is 64.9. The lowest BCUT2D eigenvalue weighted by molar-refractivity contribution is -0.136. The van der Waals surface area contributed by atoms with Crippen LogP contribution in [0.1, 0.15) is 15.9 Å². The molecule has 1 N–H and O–H groups in total. The summed E-state index contributed by atoms with van der Waals surface area (Å²) in [4.78, 5) is 12.5. The Morgan fingerprint density at radius 2 is 1.65 bits per heavy atom. The quantitative estimate of drug-likeness (QED) is 0.809. The summed E-state index contributed by atoms with van der Waals surface area (Å²) >= 11 is 0. The Morgan fingerprint density at radius 3 is 2.35 bits per heavy atom. The summed E-state index contributed by atoms with van der Waals surface area (Å²) in [6, 6.07) is 10.4. The van der Waals surface area contributed by atoms with E-state index < -0.39 is 38.3 Å². The first-order valence-electron chi connectivity index (χ1n) is 7.26. The first-order valence-corrected chi connectivity index (χ1v) is 8.70. The molecule has 0 saturated heterocycles. The smallest absolute Gasteiger partial charge is 0.286 e. The van der Waals surface area contributed by atoms with Gasteiger partial charge in [0.1, 0.15) is 0 Å². The van der Waals surface area contributed by atoms with Crippen LogP contribution < -0.4 is 9.73 Å². The molecule has 0 aromatic heterocycles. The summed E-state index contributed by atoms with van der Waals surface area (Å²) in [7, 11) is -3.06. The van der Waals surface area contributed by atoms with Crippen LogP contribution in [0.2, 0.25) is 0 Å². The molecule has 1 aliphatic heterocycles. The van der Waals surface area contributed by atoms with Crippen molar-refractivity contribution in [2.45, 2.75) is 6.18 Å². The lowest BCUT2D eigenvalue weighted by atomic mass is 10.1. The van der Waals surface area contributed by atoms with Crippen LogP contribution in [0, 0.1) is 0 Å². The number of nitrogens with zero attached hydrogens (tertiary/aromatic N) is 2. The van der Waals surface area contributed by atoms with Gasteiger partial charge in [-0.3, -0.25) is 14.5 Å². The van der Waals surface area contributed by atoms with Crippen molar-refractivity contribution >= 4 is 32.2 Å². The molecule has 0 radical (unpaired) electrons. The first-order chi connectivity index (χ1) is 12.1. The zero-order valence-corrected chi connectivity index (χ0v) is 14.1. The van der Waals surface area contributed by atoms with E-state index in [0.29, 0.717) is 0 Å². The molecule has 0 unspecified atom stereocenters. The van der Waals surface area contributed by atoms with Gasteiger partial charge in [0.05, 0.1) is 16.9 Å². The number of hydrazone groups is 1. The molecule has 0 bridgehead atoms. The Morgan fingerprint density at radius 1 is 1.04 bits per heavy atom. The number of sulfonamides is 1. The van der Waals surface area contributed by atoms with E-state index in [2.05, 4.69) is 10.5 Å². The number of hydrogen-bond acceptors (Lipinski definition) is 5. The molecule has 0 saturated carbocycles. The van der Waals surface area contributed by atoms with Gasteiger partial charge in [-0.1, -0.05) is 24.3 Å². The number of benzene rings is 2. The molecular formula is C16H12F3N3O3S. The number of carbonyl (C=O) groups excluding carboxylic acids is 1. The van der Waals surface area contributed by atoms with Gasteiger partial charge in [0.15, 0.2) is 0 Å². The van der Waals surface area contributed by atoms with E-state index in [9.17, 15) is 26.4 Å². The lowest BCUT2D eigenvalue weighted by Crippen LogP contribution is -2.43. The van der Waals surface area contributed by atoms with E-state index in [1.165, 1.54) is 31.3 Å². The van der Waals surface area contributed by atoms with Gasteiger partial charge in [0.25, 0.3) is 10.0 Å². The predicted molar refractivity (Wildman–Crippen MR) is 90.6 cm³/mol. The average molecular weight is 383 g/mol. The number of carbonyl (C=O) groups is 1. The van der Waals surface area contributed by atoms with Gasteiger partial charge in [-0.15, -0.1) is 0 Å². The molecule has 1 aliphatic rings. The topological polar surface area (TPSA) is 78.8 Å². The number of nitrogens with one attached hydrogen (secondary N) is 1. The molecule has 0 aliphatic carbocycles. The first kappa shape index (κ1) is 17.9. The summed E-state index contributed by atoms with van der Waals surface area (Å²) in [6.07, 6.45) is -4.66. The fourth-order valence-electron chi connectivity index (χ4n) is 2.48. The third kappa shape index (κ3) is 2.92. The molecule has 0 spiro atoms. The number of anilines is 2. The normalized spacial score (nSPS) is 17.9. The molecule has 3 rings (SSSR count). The molecule has 0 atom stereocenters. The minimum Gasteiger partial charge on any atom is -0.286 e. The number of para-hydroxylation sites is 2. The number of ketones is 1. The van der Waals surface area contributed by atoms with Crippen LogP contribution in [-0.2, 0) is 16.2 Å². The Kier molecular flexibility index (Phi) is 4.23. The fourth-order valence-corrected chi connectivity index (χ4v) is 3.66. The van der Waals surface area contributed by atoms with Gasteiger partial charge in [0, 0.05) is 12.6 Å². The minimum absolute atomic E-state index is 0.0921. The highest BCUT2D eigenvalue weighted by Gasteiger charge is 2.40. The molecule has 2 aromatic carbocycles. The van der Waals surface area contributed by atoms with Crippen molar-refractivity contribution in [1.82, 2.24) is 0 Å². The van der Waals surface area contributed by atoms with Gasteiger partial charge < -0.3 is 0 Å². The summed E-state index contributed by atoms with van der Waals surface area (Å²) in [5.74, 6) is -0.893. The van der Waals surface area contributed by atoms with E-state index in [0.717, 1.165) is 16.4 Å². The highest BCUT2D eigenvalue weighted by Crippen LogP contribution is 2.35. The Bertz CT molecular complexity index is 1020. The van der Waals surface area contributed by atoms with Crippen LogP contribution in [-0.4, -0.2) is 26.3 Å². The van der Waals surface area contributed by atoms with Crippen molar-refractivity contribution < 1.29 is 26.4 Å². The van der Waals surface area contributed by atoms with E-state index in [1.54, 1.807) is 12.1 Å². The fraction of sp³-hybridized carbons (Fsp3) is 0.125. The second kappa shape index (κ2) is 6.13. The van der Waals surface area contributed by atoms with Crippen molar-refractivity contribution in [3.63, 3.8) is 0 Å². The molecule has 26 heavy (non-hydrogen) atoms. The van der Waals surface area contributed by atoms with Crippen molar-refractivity contribution in [2.24, 2.45) is 5.10 Å². The van der Waals surface area contributed by atoms with Crippen molar-refractivity contribution in [2.75, 3.05) is 16.8 Å². The molecule has 0 amide bonds. The highest BCUT2D eigenvalue weighted by atomic mass is 32.2. The van der Waals surface area contributed by atoms with Crippen LogP contribution in [0.25, 0.3) is 0 Å². The Balaban J connectivity index is 2.07. The van der Waals surface area contributed by atoms with Gasteiger partial charge in [-0.05, 0) is 24.3 Å². The molecule has 136 valence electrons. The van der Waals surface area contributed by atoms with E-state index in [-0.39, 0.29) is 11.3 Å². The number of hydrogen-bond donors (Lipinski definition) is 1. The third-order valence-electron chi connectivity index (χ3n) is 3.80. The van der Waals surface area contributed by atoms with Crippen LogP contribution in [0.15, 0.2) is 53.6 Å². The number of fused-ring (bicyclic) bond motifs is 1. The van der Waals surface area contributed by atoms with Crippen molar-refractivity contribution in [3.8, 4) is 0 Å². The third-order valence-corrected chi connectivity index (χ3v) is 5.48. The van der Waals surface area contributed by atoms with Gasteiger partial charge >= 0.3 is 6.18 Å². The molecule has 1 heterocycles. The van der Waals surface area contributed by atoms with E-state index in [4.69, 9.17) is 0 Å². The van der Waals surface area contributed by atoms with Crippen LogP contribution in [0.5, 0.6) is 0 Å². The molecular weight excluding hydrogens is 371 g/mol. The average Bonchev–Trinajstić information content (AvgIpc) is 2.59. The molecule has 10 heteroatoms. The minimum atomic E-state index is -4.66. The Labute approximate surface area is 147 Å². The molecule has 6 nitrogen and oxygen atoms in total. The van der Waals surface area contributed by atoms with Crippen LogP contribution in [0.4, 0.5) is 24.5 Å². The monoisotopic (exact) mass is 383 g/mol. The van der Waals surface area contributed by atoms with Crippen molar-refractivity contribution in [3.05, 3.63) is 59.7 Å². The van der Waals surface area contributed by atoms with Crippen LogP contribution in [0.3, 0.4) is 0 Å². The van der Waals surface area contributed by atoms with Gasteiger partial charge in [0.2, 0.25) is 10.8 Å². The molecule has 2 aromatic rings. The largest absolute Gasteiger partial charge is 0.418 e. The zero-order valence-electron chi connectivity index (χ0n) is 13.3. The van der Waals surface area contributed by atoms with E-state index in [1.807, 2.05) is 0 Å². The summed E-state index contributed by atoms with van der Waals surface area (Å²) in [5.41, 5.74) is 0.844. The Hall–Kier alpha value is -2.88. The number of rotatable bonds is 2. The molecule has 0 fully saturated rings. The second-order valence-corrected chi connectivity index (χ2v) is 7.28. The zero-order chi connectivity index (χ0) is 19.1. The maximum Gasteiger partial charge on any atom is 0.418 e. The lowest BCUT2D eigenvalue weighted by Gasteiger charge is -2.26. The standard InChI is InChI=1S/C16H12F3N3O3S/c1-22-13-9-5-2-6-10(13)14(23)15(26(22,24)25)21-20-12-8-4-3-7-11(12)16(17,18)19/h2-9,20H,1H3/b21-15-. The number of alkyl halides is 3. The predicted octanol–water partition coefficient (Wildman–Crippen LogP) is 3.09. The number of Topliss-reactive ketones (excluding diaryl/α,β-unsaturated/α-hetero) is 1. The second-order valence-electron chi connectivity index (χ2n) is 5.39. The highest BCUT2D eigenvalue weighted by molar-refractivity contribution is 8.09.